The first-order valence-corrected chi connectivity index (χ1v) is 4.33. The summed E-state index contributed by atoms with van der Waals surface area (Å²) in [5, 5.41) is 0. The van der Waals surface area contributed by atoms with Gasteiger partial charge in [-0.05, 0) is 18.6 Å². The minimum atomic E-state index is -4.76. The van der Waals surface area contributed by atoms with Crippen molar-refractivity contribution in [3.8, 4) is 0 Å². The van der Waals surface area contributed by atoms with Crippen molar-refractivity contribution < 1.29 is 26.3 Å². The summed E-state index contributed by atoms with van der Waals surface area (Å²) in [6.45, 7) is 1.40. The maximum atomic E-state index is 12.4. The number of aryl methyl sites for hydroxylation is 1. The number of halogens is 6. The molecule has 0 radical (unpaired) electrons. The SMILES string of the molecule is Cc1ccc(CC(F)(F)F)c(C(F)(F)F)c1. The van der Waals surface area contributed by atoms with Gasteiger partial charge in [-0.15, -0.1) is 0 Å². The van der Waals surface area contributed by atoms with Crippen molar-refractivity contribution in [3.63, 3.8) is 0 Å². The molecule has 6 heteroatoms. The highest BCUT2D eigenvalue weighted by Gasteiger charge is 2.37. The smallest absolute Gasteiger partial charge is 0.171 e. The largest absolute Gasteiger partial charge is 0.416 e. The lowest BCUT2D eigenvalue weighted by Crippen LogP contribution is -2.17. The van der Waals surface area contributed by atoms with Gasteiger partial charge >= 0.3 is 12.4 Å². The molecule has 0 aliphatic rings. The molecule has 0 spiro atoms. The van der Waals surface area contributed by atoms with Gasteiger partial charge in [-0.2, -0.15) is 26.3 Å². The maximum Gasteiger partial charge on any atom is 0.416 e. The summed E-state index contributed by atoms with van der Waals surface area (Å²) in [5.41, 5.74) is -1.69. The van der Waals surface area contributed by atoms with Gasteiger partial charge in [0, 0.05) is 0 Å². The van der Waals surface area contributed by atoms with Gasteiger partial charge in [-0.25, -0.2) is 0 Å². The molecule has 0 unspecified atom stereocenters. The van der Waals surface area contributed by atoms with E-state index in [4.69, 9.17) is 0 Å². The number of benzene rings is 1. The third-order valence-electron chi connectivity index (χ3n) is 1.96. The first-order chi connectivity index (χ1) is 7.09. The predicted molar refractivity (Wildman–Crippen MR) is 45.9 cm³/mol. The van der Waals surface area contributed by atoms with Gasteiger partial charge in [0.25, 0.3) is 0 Å². The molecule has 0 atom stereocenters. The molecule has 16 heavy (non-hydrogen) atoms. The number of rotatable bonds is 1. The van der Waals surface area contributed by atoms with Crippen LogP contribution in [0.4, 0.5) is 26.3 Å². The van der Waals surface area contributed by atoms with E-state index in [9.17, 15) is 26.3 Å². The second-order valence-corrected chi connectivity index (χ2v) is 3.45. The van der Waals surface area contributed by atoms with E-state index in [0.717, 1.165) is 12.1 Å². The Morgan fingerprint density at radius 1 is 1.00 bits per heavy atom. The molecule has 0 saturated heterocycles. The number of hydrogen-bond donors (Lipinski definition) is 0. The van der Waals surface area contributed by atoms with Crippen molar-refractivity contribution in [2.24, 2.45) is 0 Å². The molecule has 0 heterocycles. The second-order valence-electron chi connectivity index (χ2n) is 3.45. The van der Waals surface area contributed by atoms with Crippen LogP contribution in [0.1, 0.15) is 16.7 Å². The summed E-state index contributed by atoms with van der Waals surface area (Å²) in [7, 11) is 0. The van der Waals surface area contributed by atoms with E-state index in [0.29, 0.717) is 0 Å². The molecule has 0 N–H and O–H groups in total. The Balaban J connectivity index is 3.19. The van der Waals surface area contributed by atoms with E-state index in [1.165, 1.54) is 13.0 Å². The van der Waals surface area contributed by atoms with E-state index in [-0.39, 0.29) is 5.56 Å². The Morgan fingerprint density at radius 2 is 1.56 bits per heavy atom. The Morgan fingerprint density at radius 3 is 2.00 bits per heavy atom. The molecule has 0 amide bonds. The van der Waals surface area contributed by atoms with E-state index < -0.39 is 29.9 Å². The standard InChI is InChI=1S/C10H8F6/c1-6-2-3-7(5-9(11,12)13)8(4-6)10(14,15)16/h2-4H,5H2,1H3. The fraction of sp³-hybridized carbons (Fsp3) is 0.400. The van der Waals surface area contributed by atoms with E-state index in [2.05, 4.69) is 0 Å². The molecule has 0 aromatic heterocycles. The Kier molecular flexibility index (Phi) is 3.21. The molecule has 1 aromatic carbocycles. The van der Waals surface area contributed by atoms with Gasteiger partial charge in [0.1, 0.15) is 0 Å². The molecule has 1 rings (SSSR count). The van der Waals surface area contributed by atoms with Crippen molar-refractivity contribution in [3.05, 3.63) is 34.9 Å². The molecule has 0 saturated carbocycles. The molecule has 0 aliphatic heterocycles. The summed E-state index contributed by atoms with van der Waals surface area (Å²) in [4.78, 5) is 0. The van der Waals surface area contributed by atoms with Crippen LogP contribution in [0.2, 0.25) is 0 Å². The van der Waals surface area contributed by atoms with Crippen LogP contribution in [-0.4, -0.2) is 6.18 Å². The summed E-state index contributed by atoms with van der Waals surface area (Å²) in [5.74, 6) is 0. The summed E-state index contributed by atoms with van der Waals surface area (Å²) < 4.78 is 73.4. The van der Waals surface area contributed by atoms with Crippen LogP contribution in [-0.2, 0) is 12.6 Å². The molecule has 0 nitrogen and oxygen atoms in total. The minimum Gasteiger partial charge on any atom is -0.171 e. The first-order valence-electron chi connectivity index (χ1n) is 4.33. The van der Waals surface area contributed by atoms with Crippen LogP contribution < -0.4 is 0 Å². The average molecular weight is 242 g/mol. The lowest BCUT2D eigenvalue weighted by Gasteiger charge is -2.14. The molecule has 1 aromatic rings. The predicted octanol–water partition coefficient (Wildman–Crippen LogP) is 4.12. The highest BCUT2D eigenvalue weighted by Crippen LogP contribution is 2.35. The highest BCUT2D eigenvalue weighted by atomic mass is 19.4. The van der Waals surface area contributed by atoms with E-state index >= 15 is 0 Å². The molecular formula is C10H8F6. The van der Waals surface area contributed by atoms with Crippen molar-refractivity contribution in [2.75, 3.05) is 0 Å². The zero-order chi connectivity index (χ0) is 12.6. The lowest BCUT2D eigenvalue weighted by molar-refractivity contribution is -0.143. The van der Waals surface area contributed by atoms with Crippen LogP contribution in [0.5, 0.6) is 0 Å². The van der Waals surface area contributed by atoms with Crippen LogP contribution in [0.25, 0.3) is 0 Å². The summed E-state index contributed by atoms with van der Waals surface area (Å²) in [6.07, 6.45) is -11.0. The fourth-order valence-corrected chi connectivity index (χ4v) is 1.32. The first kappa shape index (κ1) is 12.9. The third-order valence-corrected chi connectivity index (χ3v) is 1.96. The van der Waals surface area contributed by atoms with Gasteiger partial charge in [0.05, 0.1) is 12.0 Å². The summed E-state index contributed by atoms with van der Waals surface area (Å²) in [6, 6.07) is 2.82. The fourth-order valence-electron chi connectivity index (χ4n) is 1.32. The zero-order valence-electron chi connectivity index (χ0n) is 8.21. The van der Waals surface area contributed by atoms with Crippen molar-refractivity contribution in [2.45, 2.75) is 25.7 Å². The van der Waals surface area contributed by atoms with Gasteiger partial charge in [0.2, 0.25) is 0 Å². The lowest BCUT2D eigenvalue weighted by atomic mass is 10.0. The normalized spacial score (nSPS) is 12.9. The topological polar surface area (TPSA) is 0 Å². The van der Waals surface area contributed by atoms with Crippen molar-refractivity contribution >= 4 is 0 Å². The van der Waals surface area contributed by atoms with Crippen LogP contribution in [0, 0.1) is 6.92 Å². The summed E-state index contributed by atoms with van der Waals surface area (Å²) >= 11 is 0. The van der Waals surface area contributed by atoms with Crippen molar-refractivity contribution in [1.82, 2.24) is 0 Å². The Hall–Kier alpha value is -1.20. The Bertz CT molecular complexity index is 374. The van der Waals surface area contributed by atoms with Gasteiger partial charge in [-0.3, -0.25) is 0 Å². The van der Waals surface area contributed by atoms with Crippen molar-refractivity contribution in [1.29, 1.82) is 0 Å². The van der Waals surface area contributed by atoms with E-state index in [1.807, 2.05) is 0 Å². The van der Waals surface area contributed by atoms with Gasteiger partial charge in [0.15, 0.2) is 0 Å². The molecule has 0 fully saturated rings. The van der Waals surface area contributed by atoms with E-state index in [1.54, 1.807) is 0 Å². The van der Waals surface area contributed by atoms with Crippen LogP contribution >= 0.6 is 0 Å². The monoisotopic (exact) mass is 242 g/mol. The maximum absolute atomic E-state index is 12.4. The van der Waals surface area contributed by atoms with Crippen LogP contribution in [0.15, 0.2) is 18.2 Å². The quantitative estimate of drug-likeness (QED) is 0.650. The molecular weight excluding hydrogens is 234 g/mol. The molecule has 0 bridgehead atoms. The Labute approximate surface area is 87.9 Å². The van der Waals surface area contributed by atoms with Gasteiger partial charge < -0.3 is 0 Å². The third kappa shape index (κ3) is 3.43. The number of alkyl halides is 6. The zero-order valence-corrected chi connectivity index (χ0v) is 8.21. The average Bonchev–Trinajstić information content (AvgIpc) is 2.04. The molecule has 90 valence electrons. The number of hydrogen-bond acceptors (Lipinski definition) is 0. The highest BCUT2D eigenvalue weighted by molar-refractivity contribution is 5.34. The minimum absolute atomic E-state index is 0.276. The second kappa shape index (κ2) is 3.99. The van der Waals surface area contributed by atoms with Crippen LogP contribution in [0.3, 0.4) is 0 Å². The van der Waals surface area contributed by atoms with Gasteiger partial charge in [-0.1, -0.05) is 17.7 Å². The molecule has 0 aliphatic carbocycles.